The van der Waals surface area contributed by atoms with Crippen LogP contribution in [0.25, 0.3) is 0 Å². The first kappa shape index (κ1) is 24.6. The monoisotopic (exact) mass is 375 g/mol. The summed E-state index contributed by atoms with van der Waals surface area (Å²) >= 11 is 0. The first-order chi connectivity index (χ1) is 12.4. The van der Waals surface area contributed by atoms with Crippen LogP contribution in [0.15, 0.2) is 43.9 Å². The molecule has 0 fully saturated rings. The minimum atomic E-state index is 0. The molecule has 0 atom stereocenters. The fraction of sp³-hybridized carbons (Fsp3) is 0.600. The third-order valence-corrected chi connectivity index (χ3v) is 3.82. The number of aromatic nitrogens is 7. The number of aryl methyl sites for hydroxylation is 1. The second-order valence-electron chi connectivity index (χ2n) is 6.85. The van der Waals surface area contributed by atoms with Gasteiger partial charge in [0.25, 0.3) is 0 Å². The van der Waals surface area contributed by atoms with Gasteiger partial charge >= 0.3 is 0 Å². The van der Waals surface area contributed by atoms with Gasteiger partial charge in [-0.05, 0) is 48.0 Å². The largest absolute Gasteiger partial charge is 0.335 e. The summed E-state index contributed by atoms with van der Waals surface area (Å²) in [5.41, 5.74) is 1.31. The summed E-state index contributed by atoms with van der Waals surface area (Å²) in [6, 6.07) is 1.56. The molecule has 0 aliphatic heterocycles. The van der Waals surface area contributed by atoms with E-state index in [0.717, 1.165) is 6.42 Å². The third-order valence-electron chi connectivity index (χ3n) is 3.82. The Morgan fingerprint density at radius 1 is 0.778 bits per heavy atom. The van der Waals surface area contributed by atoms with Crippen molar-refractivity contribution in [3.05, 3.63) is 49.6 Å². The summed E-state index contributed by atoms with van der Waals surface area (Å²) in [6.07, 6.45) is 13.9. The predicted octanol–water partition coefficient (Wildman–Crippen LogP) is 4.99. The third kappa shape index (κ3) is 8.66. The molecule has 0 bridgehead atoms. The molecule has 152 valence electrons. The molecule has 0 amide bonds. The summed E-state index contributed by atoms with van der Waals surface area (Å²) in [4.78, 5) is 7.98. The zero-order valence-electron chi connectivity index (χ0n) is 17.1. The molecule has 0 saturated carbocycles. The molecule has 3 aromatic rings. The van der Waals surface area contributed by atoms with Crippen LogP contribution in [-0.2, 0) is 6.42 Å². The molecule has 3 aromatic heterocycles. The van der Waals surface area contributed by atoms with Crippen molar-refractivity contribution in [2.45, 2.75) is 80.4 Å². The lowest BCUT2D eigenvalue weighted by molar-refractivity contribution is 0.576. The summed E-state index contributed by atoms with van der Waals surface area (Å²) in [5.74, 6) is 0. The van der Waals surface area contributed by atoms with E-state index in [1.807, 2.05) is 29.6 Å². The van der Waals surface area contributed by atoms with Crippen molar-refractivity contribution in [2.24, 2.45) is 0 Å². The molecule has 3 heterocycles. The lowest BCUT2D eigenvalue weighted by atomic mass is 10.3. The van der Waals surface area contributed by atoms with Crippen LogP contribution in [0.2, 0.25) is 0 Å². The van der Waals surface area contributed by atoms with E-state index in [0.29, 0.717) is 18.1 Å². The van der Waals surface area contributed by atoms with Gasteiger partial charge < -0.3 is 13.7 Å². The summed E-state index contributed by atoms with van der Waals surface area (Å²) in [5, 5.41) is 7.31. The van der Waals surface area contributed by atoms with Gasteiger partial charge in [-0.3, -0.25) is 0 Å². The molecule has 0 N–H and O–H groups in total. The maximum Gasteiger partial charge on any atom is 0.119 e. The Morgan fingerprint density at radius 3 is 1.67 bits per heavy atom. The minimum Gasteiger partial charge on any atom is -0.335 e. The molecule has 0 aliphatic carbocycles. The average molecular weight is 376 g/mol. The van der Waals surface area contributed by atoms with Gasteiger partial charge in [-0.2, -0.15) is 0 Å². The quantitative estimate of drug-likeness (QED) is 0.644. The van der Waals surface area contributed by atoms with Crippen LogP contribution in [0.4, 0.5) is 0 Å². The number of nitrogens with zero attached hydrogens (tertiary/aromatic N) is 7. The van der Waals surface area contributed by atoms with Crippen LogP contribution in [-0.4, -0.2) is 33.9 Å². The molecule has 0 radical (unpaired) electrons. The van der Waals surface area contributed by atoms with Gasteiger partial charge in [0.15, 0.2) is 0 Å². The number of rotatable bonds is 4. The maximum absolute atomic E-state index is 4.08. The molecular weight excluding hydrogens is 338 g/mol. The Hall–Kier alpha value is -2.44. The molecule has 7 nitrogen and oxygen atoms in total. The van der Waals surface area contributed by atoms with Gasteiger partial charge in [0.2, 0.25) is 0 Å². The molecule has 0 saturated heterocycles. The van der Waals surface area contributed by atoms with E-state index < -0.39 is 0 Å². The molecule has 0 unspecified atom stereocenters. The summed E-state index contributed by atoms with van der Waals surface area (Å²) in [6.45, 7) is 14.9. The van der Waals surface area contributed by atoms with E-state index in [4.69, 9.17) is 0 Å². The highest BCUT2D eigenvalue weighted by molar-refractivity contribution is 4.98. The second-order valence-corrected chi connectivity index (χ2v) is 6.85. The van der Waals surface area contributed by atoms with Crippen molar-refractivity contribution in [1.29, 1.82) is 0 Å². The molecule has 0 spiro atoms. The van der Waals surface area contributed by atoms with E-state index in [-0.39, 0.29) is 7.43 Å². The van der Waals surface area contributed by atoms with E-state index in [1.165, 1.54) is 5.69 Å². The van der Waals surface area contributed by atoms with E-state index in [2.05, 4.69) is 77.8 Å². The summed E-state index contributed by atoms with van der Waals surface area (Å²) in [7, 11) is 0. The van der Waals surface area contributed by atoms with Crippen LogP contribution >= 0.6 is 0 Å². The first-order valence-electron chi connectivity index (χ1n) is 9.19. The summed E-state index contributed by atoms with van der Waals surface area (Å²) < 4.78 is 6.19. The lowest BCUT2D eigenvalue weighted by Crippen LogP contribution is -2.02. The van der Waals surface area contributed by atoms with Crippen LogP contribution in [0.5, 0.6) is 0 Å². The van der Waals surface area contributed by atoms with E-state index in [9.17, 15) is 0 Å². The molecular formula is C20H37N7. The Kier molecular flexibility index (Phi) is 11.7. The van der Waals surface area contributed by atoms with Crippen LogP contribution < -0.4 is 0 Å². The minimum absolute atomic E-state index is 0. The molecule has 3 rings (SSSR count). The van der Waals surface area contributed by atoms with Gasteiger partial charge in [0.05, 0.1) is 12.7 Å². The fourth-order valence-electron chi connectivity index (χ4n) is 2.12. The van der Waals surface area contributed by atoms with Crippen molar-refractivity contribution in [3.8, 4) is 0 Å². The average Bonchev–Trinajstić information content (AvgIpc) is 3.37. The van der Waals surface area contributed by atoms with Crippen LogP contribution in [0.1, 0.15) is 79.7 Å². The first-order valence-corrected chi connectivity index (χ1v) is 9.19. The fourth-order valence-corrected chi connectivity index (χ4v) is 2.12. The van der Waals surface area contributed by atoms with Crippen LogP contribution in [0, 0.1) is 0 Å². The van der Waals surface area contributed by atoms with Crippen molar-refractivity contribution in [1.82, 2.24) is 33.9 Å². The molecule has 0 aromatic carbocycles. The highest BCUT2D eigenvalue weighted by Gasteiger charge is 2.01. The Bertz CT molecular complexity index is 642. The standard InChI is InChI=1S/C8H14N2.C6H10N2.C5H9N3.CH4/c1-4-8-5-9-6-10(8)7(2)3;1-6(2)8-4-3-7-5-8;1-5(2)8-3-6-7-4-8;/h5-7H,4H2,1-3H3;3-6H,1-2H3;3-5H,1-2H3;1H4. The smallest absolute Gasteiger partial charge is 0.119 e. The van der Waals surface area contributed by atoms with Crippen molar-refractivity contribution < 1.29 is 0 Å². The van der Waals surface area contributed by atoms with Gasteiger partial charge in [-0.1, -0.05) is 14.4 Å². The Balaban J connectivity index is 0.000000372. The zero-order chi connectivity index (χ0) is 19.5. The zero-order valence-corrected chi connectivity index (χ0v) is 17.1. The lowest BCUT2D eigenvalue weighted by Gasteiger charge is -2.09. The van der Waals surface area contributed by atoms with Crippen molar-refractivity contribution in [3.63, 3.8) is 0 Å². The van der Waals surface area contributed by atoms with Crippen LogP contribution in [0.3, 0.4) is 0 Å². The second kappa shape index (κ2) is 12.8. The molecule has 0 aliphatic rings. The number of imidazole rings is 2. The molecule has 7 heteroatoms. The van der Waals surface area contributed by atoms with Crippen molar-refractivity contribution >= 4 is 0 Å². The number of hydrogen-bond donors (Lipinski definition) is 0. The number of hydrogen-bond acceptors (Lipinski definition) is 4. The highest BCUT2D eigenvalue weighted by atomic mass is 15.2. The normalized spacial score (nSPS) is 10.1. The van der Waals surface area contributed by atoms with Crippen molar-refractivity contribution in [2.75, 3.05) is 0 Å². The van der Waals surface area contributed by atoms with Gasteiger partial charge in [0, 0.05) is 42.4 Å². The van der Waals surface area contributed by atoms with Gasteiger partial charge in [-0.25, -0.2) is 9.97 Å². The predicted molar refractivity (Wildman–Crippen MR) is 112 cm³/mol. The Labute approximate surface area is 164 Å². The van der Waals surface area contributed by atoms with E-state index >= 15 is 0 Å². The molecule has 27 heavy (non-hydrogen) atoms. The maximum atomic E-state index is 4.08. The Morgan fingerprint density at radius 2 is 1.37 bits per heavy atom. The topological polar surface area (TPSA) is 66.3 Å². The van der Waals surface area contributed by atoms with Gasteiger partial charge in [0.1, 0.15) is 12.7 Å². The SMILES string of the molecule is C.CC(C)n1ccnc1.CC(C)n1cnnc1.CCc1cncn1C(C)C. The highest BCUT2D eigenvalue weighted by Crippen LogP contribution is 2.08. The van der Waals surface area contributed by atoms with Gasteiger partial charge in [-0.15, -0.1) is 10.2 Å². The van der Waals surface area contributed by atoms with E-state index in [1.54, 1.807) is 18.9 Å².